The number of nitrogens with two attached hydrogens (primary N) is 1. The van der Waals surface area contributed by atoms with Gasteiger partial charge < -0.3 is 25.3 Å². The minimum atomic E-state index is -0.374. The van der Waals surface area contributed by atoms with Crippen molar-refractivity contribution in [3.8, 4) is 23.3 Å². The van der Waals surface area contributed by atoms with Crippen molar-refractivity contribution in [2.75, 3.05) is 13.7 Å². The molecule has 6 saturated carbocycles. The molecule has 0 unspecified atom stereocenters. The monoisotopic (exact) mass is 672 g/mol. The van der Waals surface area contributed by atoms with Crippen molar-refractivity contribution < 1.29 is 14.3 Å². The van der Waals surface area contributed by atoms with E-state index in [2.05, 4.69) is 32.5 Å². The zero-order chi connectivity index (χ0) is 34.1. The van der Waals surface area contributed by atoms with E-state index in [4.69, 9.17) is 20.4 Å². The molecule has 4 atom stereocenters. The number of imidazole rings is 1. The van der Waals surface area contributed by atoms with Gasteiger partial charge in [0.1, 0.15) is 17.0 Å². The van der Waals surface area contributed by atoms with Crippen LogP contribution in [0.25, 0.3) is 28.1 Å². The van der Waals surface area contributed by atoms with Gasteiger partial charge in [-0.1, -0.05) is 0 Å². The standard InChI is InChI=1S/C39H44N8O3/c1-21(42-37(49)39-17-38(18-39,19-39)20-40)29-10-8-25-12-30(46(35(25)43-29)15-22-3-4-22)33-34(23-5-6-23)47-31(44-33)13-26(14-32(47)50-2)36(48)45-16-28(41)24-7-9-27(45)11-24/h8,10,12-14,21-24,27-28H,3-7,9,11,15-19,41H2,1-2H3,(H,42,49)/t21-,24+,27-,28+,38?,39?/m1/s1. The molecule has 11 heteroatoms. The lowest BCUT2D eigenvalue weighted by Crippen LogP contribution is -2.67. The Morgan fingerprint density at radius 3 is 2.62 bits per heavy atom. The first kappa shape index (κ1) is 30.4. The van der Waals surface area contributed by atoms with Crippen LogP contribution in [0.2, 0.25) is 0 Å². The number of carbonyl (C=O) groups is 2. The SMILES string of the molecule is COc1cc(C(=O)N2C[C@H](N)[C@H]3CC[C@@H]2C3)cc2nc(-c3cc4ccc([C@@H](C)NC(=O)C56CC(C#N)(C5)C6)nc4n3CC3CC3)c(C3CC3)n12. The minimum Gasteiger partial charge on any atom is -0.482 e. The summed E-state index contributed by atoms with van der Waals surface area (Å²) in [7, 11) is 1.67. The lowest BCUT2D eigenvalue weighted by atomic mass is 9.35. The van der Waals surface area contributed by atoms with Gasteiger partial charge in [0.2, 0.25) is 5.91 Å². The Morgan fingerprint density at radius 2 is 1.90 bits per heavy atom. The van der Waals surface area contributed by atoms with Gasteiger partial charge in [-0.05, 0) is 107 Å². The van der Waals surface area contributed by atoms with Crippen LogP contribution in [0.5, 0.6) is 5.88 Å². The number of nitrogens with zero attached hydrogens (tertiary/aromatic N) is 6. The van der Waals surface area contributed by atoms with Gasteiger partial charge in [-0.15, -0.1) is 0 Å². The first-order valence-corrected chi connectivity index (χ1v) is 18.6. The molecule has 258 valence electrons. The van der Waals surface area contributed by atoms with E-state index in [1.165, 1.54) is 12.8 Å². The number of rotatable bonds is 9. The average molecular weight is 673 g/mol. The van der Waals surface area contributed by atoms with E-state index < -0.39 is 0 Å². The second kappa shape index (κ2) is 10.5. The Hall–Kier alpha value is -4.43. The molecule has 4 aromatic rings. The van der Waals surface area contributed by atoms with Crippen molar-refractivity contribution in [3.63, 3.8) is 0 Å². The zero-order valence-corrected chi connectivity index (χ0v) is 28.8. The number of nitrogens with one attached hydrogen (secondary N) is 1. The van der Waals surface area contributed by atoms with E-state index in [0.717, 1.165) is 78.1 Å². The summed E-state index contributed by atoms with van der Waals surface area (Å²) in [6.45, 7) is 3.44. The van der Waals surface area contributed by atoms with Crippen LogP contribution < -0.4 is 15.8 Å². The number of aromatic nitrogens is 4. The Kier molecular flexibility index (Phi) is 6.41. The van der Waals surface area contributed by atoms with Gasteiger partial charge in [0.05, 0.1) is 47.1 Å². The van der Waals surface area contributed by atoms with Crippen LogP contribution in [0.3, 0.4) is 0 Å². The summed E-state index contributed by atoms with van der Waals surface area (Å²) in [6.07, 6.45) is 9.66. The third-order valence-corrected chi connectivity index (χ3v) is 13.0. The number of hydrogen-bond acceptors (Lipinski definition) is 7. The highest BCUT2D eigenvalue weighted by Gasteiger charge is 2.72. The smallest absolute Gasteiger partial charge is 0.254 e. The minimum absolute atomic E-state index is 0.00325. The number of methoxy groups -OCH3 is 1. The second-order valence-electron chi connectivity index (χ2n) is 16.6. The molecule has 7 aliphatic rings. The molecule has 5 heterocycles. The first-order valence-electron chi connectivity index (χ1n) is 18.6. The van der Waals surface area contributed by atoms with Crippen LogP contribution >= 0.6 is 0 Å². The Labute approximate surface area is 291 Å². The van der Waals surface area contributed by atoms with E-state index in [0.29, 0.717) is 55.0 Å². The summed E-state index contributed by atoms with van der Waals surface area (Å²) in [5.74, 6) is 2.13. The molecule has 11 rings (SSSR count). The maximum absolute atomic E-state index is 14.0. The predicted octanol–water partition coefficient (Wildman–Crippen LogP) is 5.47. The number of piperidine rings is 1. The van der Waals surface area contributed by atoms with Crippen LogP contribution in [-0.4, -0.2) is 61.4 Å². The van der Waals surface area contributed by atoms with E-state index in [-0.39, 0.29) is 40.8 Å². The molecular weight excluding hydrogens is 628 g/mol. The van der Waals surface area contributed by atoms with Gasteiger partial charge in [-0.2, -0.15) is 5.26 Å². The van der Waals surface area contributed by atoms with Crippen molar-refractivity contribution >= 4 is 28.5 Å². The van der Waals surface area contributed by atoms with Crippen molar-refractivity contribution in [1.82, 2.24) is 29.2 Å². The molecule has 0 aromatic carbocycles. The van der Waals surface area contributed by atoms with Crippen molar-refractivity contribution in [2.24, 2.45) is 28.4 Å². The maximum Gasteiger partial charge on any atom is 0.254 e. The largest absolute Gasteiger partial charge is 0.482 e. The molecule has 1 saturated heterocycles. The van der Waals surface area contributed by atoms with E-state index in [1.807, 2.05) is 30.0 Å². The number of nitriles is 1. The topological polar surface area (TPSA) is 144 Å². The molecule has 50 heavy (non-hydrogen) atoms. The maximum atomic E-state index is 14.0. The number of likely N-dealkylation sites (tertiary alicyclic amines) is 1. The van der Waals surface area contributed by atoms with Crippen LogP contribution in [0.1, 0.15) is 105 Å². The van der Waals surface area contributed by atoms with Gasteiger partial charge in [0.25, 0.3) is 5.91 Å². The third-order valence-electron chi connectivity index (χ3n) is 13.0. The highest BCUT2D eigenvalue weighted by molar-refractivity contribution is 5.96. The summed E-state index contributed by atoms with van der Waals surface area (Å²) >= 11 is 0. The summed E-state index contributed by atoms with van der Waals surface area (Å²) in [4.78, 5) is 39.8. The Balaban J connectivity index is 1.03. The number of hydrogen-bond donors (Lipinski definition) is 2. The van der Waals surface area contributed by atoms with Gasteiger partial charge in [-0.25, -0.2) is 9.97 Å². The molecule has 0 spiro atoms. The molecule has 6 aliphatic carbocycles. The molecular formula is C39H44N8O3. The quantitative estimate of drug-likeness (QED) is 0.240. The van der Waals surface area contributed by atoms with Crippen molar-refractivity contribution in [1.29, 1.82) is 5.26 Å². The molecule has 3 N–H and O–H groups in total. The summed E-state index contributed by atoms with van der Waals surface area (Å²) in [5.41, 5.74) is 12.0. The van der Waals surface area contributed by atoms with Crippen LogP contribution in [0.15, 0.2) is 30.3 Å². The van der Waals surface area contributed by atoms with Crippen molar-refractivity contribution in [3.05, 3.63) is 47.3 Å². The lowest BCUT2D eigenvalue weighted by Gasteiger charge is -2.65. The van der Waals surface area contributed by atoms with Gasteiger partial charge in [0.15, 0.2) is 5.88 Å². The fourth-order valence-electron chi connectivity index (χ4n) is 9.85. The van der Waals surface area contributed by atoms with Gasteiger partial charge in [0, 0.05) is 48.1 Å². The number of fused-ring (bicyclic) bond motifs is 4. The van der Waals surface area contributed by atoms with E-state index >= 15 is 0 Å². The fourth-order valence-corrected chi connectivity index (χ4v) is 9.85. The molecule has 1 aliphatic heterocycles. The van der Waals surface area contributed by atoms with Crippen molar-refractivity contribution in [2.45, 2.75) is 102 Å². The number of ether oxygens (including phenoxy) is 1. The summed E-state index contributed by atoms with van der Waals surface area (Å²) < 4.78 is 10.5. The second-order valence-corrected chi connectivity index (χ2v) is 16.6. The Bertz CT molecular complexity index is 2130. The zero-order valence-electron chi connectivity index (χ0n) is 28.8. The molecule has 2 amide bonds. The molecule has 7 fully saturated rings. The third kappa shape index (κ3) is 4.49. The van der Waals surface area contributed by atoms with Crippen LogP contribution in [0, 0.1) is 34.0 Å². The van der Waals surface area contributed by atoms with Crippen LogP contribution in [0.4, 0.5) is 0 Å². The number of amides is 2. The van der Waals surface area contributed by atoms with E-state index in [1.54, 1.807) is 7.11 Å². The van der Waals surface area contributed by atoms with E-state index in [9.17, 15) is 14.9 Å². The average Bonchev–Trinajstić information content (AvgIpc) is 3.98. The molecule has 4 bridgehead atoms. The first-order chi connectivity index (χ1) is 24.2. The summed E-state index contributed by atoms with van der Waals surface area (Å²) in [6, 6.07) is 12.6. The molecule has 11 nitrogen and oxygen atoms in total. The normalized spacial score (nSPS) is 30.1. The van der Waals surface area contributed by atoms with Gasteiger partial charge >= 0.3 is 0 Å². The summed E-state index contributed by atoms with van der Waals surface area (Å²) in [5, 5.41) is 13.7. The van der Waals surface area contributed by atoms with Gasteiger partial charge in [-0.3, -0.25) is 14.0 Å². The molecule has 0 radical (unpaired) electrons. The van der Waals surface area contributed by atoms with Crippen LogP contribution in [-0.2, 0) is 11.3 Å². The molecule has 4 aromatic heterocycles. The lowest BCUT2D eigenvalue weighted by molar-refractivity contribution is -0.185. The predicted molar refractivity (Wildman–Crippen MR) is 186 cm³/mol. The number of pyridine rings is 2. The highest BCUT2D eigenvalue weighted by Crippen LogP contribution is 2.73. The number of carbonyl (C=O) groups excluding carboxylic acids is 2. The fraction of sp³-hybridized carbons (Fsp3) is 0.564. The Morgan fingerprint density at radius 1 is 1.10 bits per heavy atom. The highest BCUT2D eigenvalue weighted by atomic mass is 16.5.